The lowest BCUT2D eigenvalue weighted by Crippen LogP contribution is -2.27. The van der Waals surface area contributed by atoms with Crippen molar-refractivity contribution in [1.82, 2.24) is 0 Å². The van der Waals surface area contributed by atoms with E-state index in [9.17, 15) is 5.11 Å². The highest BCUT2D eigenvalue weighted by molar-refractivity contribution is 5.43. The first-order valence-corrected chi connectivity index (χ1v) is 13.5. The molecule has 0 heterocycles. The Hall–Kier alpha value is -2.06. The van der Waals surface area contributed by atoms with Crippen LogP contribution in [0.1, 0.15) is 108 Å². The van der Waals surface area contributed by atoms with Crippen LogP contribution < -0.4 is 4.74 Å². The summed E-state index contributed by atoms with van der Waals surface area (Å²) in [4.78, 5) is 0. The second kappa shape index (κ2) is 13.1. The van der Waals surface area contributed by atoms with E-state index in [0.717, 1.165) is 31.4 Å². The number of rotatable bonds is 12. The van der Waals surface area contributed by atoms with Crippen LogP contribution in [0.25, 0.3) is 0 Å². The first kappa shape index (κ1) is 26.5. The fourth-order valence-corrected chi connectivity index (χ4v) is 5.44. The van der Waals surface area contributed by atoms with E-state index in [4.69, 9.17) is 4.74 Å². The average molecular weight is 463 g/mol. The highest BCUT2D eigenvalue weighted by atomic mass is 16.5. The van der Waals surface area contributed by atoms with E-state index >= 15 is 0 Å². The van der Waals surface area contributed by atoms with Crippen molar-refractivity contribution in [3.8, 4) is 5.75 Å². The molecule has 34 heavy (non-hydrogen) atoms. The van der Waals surface area contributed by atoms with E-state index < -0.39 is 0 Å². The lowest BCUT2D eigenvalue weighted by molar-refractivity contribution is 0.0932. The molecular formula is C32H46O2. The van der Waals surface area contributed by atoms with Crippen molar-refractivity contribution in [2.24, 2.45) is 5.92 Å². The maximum absolute atomic E-state index is 10.5. The van der Waals surface area contributed by atoms with Crippen LogP contribution in [-0.4, -0.2) is 11.2 Å². The predicted octanol–water partition coefficient (Wildman–Crippen LogP) is 8.72. The summed E-state index contributed by atoms with van der Waals surface area (Å²) in [7, 11) is 0. The van der Waals surface area contributed by atoms with Crippen molar-refractivity contribution in [2.45, 2.75) is 110 Å². The highest BCUT2D eigenvalue weighted by Gasteiger charge is 2.33. The summed E-state index contributed by atoms with van der Waals surface area (Å²) in [5, 5.41) is 10.5. The van der Waals surface area contributed by atoms with E-state index in [2.05, 4.69) is 82.3 Å². The van der Waals surface area contributed by atoms with Crippen LogP contribution in [0, 0.1) is 5.92 Å². The third kappa shape index (κ3) is 7.47. The number of aliphatic hydroxyl groups is 1. The van der Waals surface area contributed by atoms with Gasteiger partial charge in [0, 0.05) is 0 Å². The molecule has 1 saturated carbocycles. The summed E-state index contributed by atoms with van der Waals surface area (Å²) in [5.74, 6) is 1.88. The second-order valence-electron chi connectivity index (χ2n) is 10.9. The molecule has 2 aromatic carbocycles. The molecule has 186 valence electrons. The molecule has 0 aliphatic heterocycles. The van der Waals surface area contributed by atoms with Crippen LogP contribution >= 0.6 is 0 Å². The molecule has 1 fully saturated rings. The van der Waals surface area contributed by atoms with E-state index in [-0.39, 0.29) is 11.5 Å². The van der Waals surface area contributed by atoms with Gasteiger partial charge in [-0.15, -0.1) is 0 Å². The Morgan fingerprint density at radius 1 is 1.03 bits per heavy atom. The Labute approximate surface area is 208 Å². The number of benzene rings is 2. The lowest BCUT2D eigenvalue weighted by Gasteiger charge is -2.36. The van der Waals surface area contributed by atoms with E-state index in [1.54, 1.807) is 0 Å². The van der Waals surface area contributed by atoms with Gasteiger partial charge in [0.05, 0.1) is 6.10 Å². The van der Waals surface area contributed by atoms with Crippen LogP contribution in [0.5, 0.6) is 5.75 Å². The number of allylic oxidation sites excluding steroid dienone is 2. The first-order chi connectivity index (χ1) is 16.4. The van der Waals surface area contributed by atoms with Crippen molar-refractivity contribution >= 4 is 0 Å². The summed E-state index contributed by atoms with van der Waals surface area (Å²) >= 11 is 0. The van der Waals surface area contributed by atoms with Gasteiger partial charge in [0.1, 0.15) is 12.4 Å². The van der Waals surface area contributed by atoms with Crippen LogP contribution in [0.4, 0.5) is 0 Å². The minimum absolute atomic E-state index is 0.119. The summed E-state index contributed by atoms with van der Waals surface area (Å²) < 4.78 is 6.54. The number of unbranched alkanes of at least 4 members (excludes halogenated alkanes) is 3. The summed E-state index contributed by atoms with van der Waals surface area (Å²) in [5.41, 5.74) is 3.94. The van der Waals surface area contributed by atoms with Crippen molar-refractivity contribution in [3.63, 3.8) is 0 Å². The molecule has 2 heteroatoms. The number of aliphatic hydroxyl groups excluding tert-OH is 1. The van der Waals surface area contributed by atoms with Gasteiger partial charge in [-0.2, -0.15) is 0 Å². The zero-order chi connectivity index (χ0) is 24.4. The van der Waals surface area contributed by atoms with Gasteiger partial charge < -0.3 is 9.84 Å². The Balaban J connectivity index is 1.90. The predicted molar refractivity (Wildman–Crippen MR) is 145 cm³/mol. The van der Waals surface area contributed by atoms with Gasteiger partial charge in [0.25, 0.3) is 0 Å². The molecule has 2 nitrogen and oxygen atoms in total. The summed E-state index contributed by atoms with van der Waals surface area (Å²) in [6.07, 6.45) is 14.4. The van der Waals surface area contributed by atoms with Crippen LogP contribution in [0.3, 0.4) is 0 Å². The van der Waals surface area contributed by atoms with Crippen LogP contribution in [0.15, 0.2) is 60.7 Å². The average Bonchev–Trinajstić information content (AvgIpc) is 2.85. The first-order valence-electron chi connectivity index (χ1n) is 13.5. The van der Waals surface area contributed by atoms with E-state index in [1.807, 2.05) is 6.07 Å². The van der Waals surface area contributed by atoms with Crippen LogP contribution in [-0.2, 0) is 12.0 Å². The SMILES string of the molecule is CC=CCC1CCC(O)CC1c1ccc(C(C)(C)CCCCCC)cc1OCc1ccccc1. The third-order valence-corrected chi connectivity index (χ3v) is 7.73. The van der Waals surface area contributed by atoms with E-state index in [1.165, 1.54) is 48.8 Å². The number of hydrogen-bond acceptors (Lipinski definition) is 2. The minimum atomic E-state index is -0.219. The largest absolute Gasteiger partial charge is 0.489 e. The van der Waals surface area contributed by atoms with Crippen LogP contribution in [0.2, 0.25) is 0 Å². The molecule has 0 spiro atoms. The lowest BCUT2D eigenvalue weighted by atomic mass is 9.71. The third-order valence-electron chi connectivity index (χ3n) is 7.73. The minimum Gasteiger partial charge on any atom is -0.489 e. The van der Waals surface area contributed by atoms with Crippen molar-refractivity contribution in [2.75, 3.05) is 0 Å². The number of ether oxygens (including phenoxy) is 1. The molecule has 1 aliphatic rings. The fraction of sp³-hybridized carbons (Fsp3) is 0.562. The zero-order valence-corrected chi connectivity index (χ0v) is 21.9. The Bertz CT molecular complexity index is 883. The Morgan fingerprint density at radius 2 is 1.82 bits per heavy atom. The van der Waals surface area contributed by atoms with Crippen molar-refractivity contribution in [1.29, 1.82) is 0 Å². The Morgan fingerprint density at radius 3 is 2.56 bits per heavy atom. The van der Waals surface area contributed by atoms with Gasteiger partial charge in [-0.1, -0.05) is 101 Å². The van der Waals surface area contributed by atoms with Crippen molar-refractivity contribution in [3.05, 3.63) is 77.4 Å². The van der Waals surface area contributed by atoms with Crippen molar-refractivity contribution < 1.29 is 9.84 Å². The molecule has 3 rings (SSSR count). The molecule has 0 saturated heterocycles. The maximum Gasteiger partial charge on any atom is 0.123 e. The smallest absolute Gasteiger partial charge is 0.123 e. The molecule has 0 aromatic heterocycles. The molecule has 0 amide bonds. The molecule has 3 unspecified atom stereocenters. The summed E-state index contributed by atoms with van der Waals surface area (Å²) in [6, 6.07) is 17.4. The molecule has 0 radical (unpaired) electrons. The molecule has 3 atom stereocenters. The summed E-state index contributed by atoms with van der Waals surface area (Å²) in [6.45, 7) is 9.68. The normalized spacial score (nSPS) is 21.1. The standard InChI is InChI=1S/C32H46O2/c1-5-7-9-13-21-32(3,4)27-18-20-29(30-23-28(33)19-17-26(30)16-8-6-2)31(22-27)34-24-25-14-11-10-12-15-25/h6,8,10-12,14-15,18,20,22,26,28,30,33H,5,7,9,13,16-17,19,21,23-24H2,1-4H3. The second-order valence-corrected chi connectivity index (χ2v) is 10.9. The molecule has 2 aromatic rings. The topological polar surface area (TPSA) is 29.5 Å². The molecular weight excluding hydrogens is 416 g/mol. The zero-order valence-electron chi connectivity index (χ0n) is 21.9. The molecule has 1 N–H and O–H groups in total. The molecule has 0 bridgehead atoms. The monoisotopic (exact) mass is 462 g/mol. The van der Waals surface area contributed by atoms with E-state index in [0.29, 0.717) is 18.4 Å². The number of hydrogen-bond donors (Lipinski definition) is 1. The highest BCUT2D eigenvalue weighted by Crippen LogP contribution is 2.45. The molecule has 1 aliphatic carbocycles. The van der Waals surface area contributed by atoms with Gasteiger partial charge >= 0.3 is 0 Å². The van der Waals surface area contributed by atoms with Gasteiger partial charge in [-0.05, 0) is 79.0 Å². The van der Waals surface area contributed by atoms with Gasteiger partial charge in [-0.25, -0.2) is 0 Å². The van der Waals surface area contributed by atoms with Gasteiger partial charge in [0.2, 0.25) is 0 Å². The Kier molecular flexibility index (Phi) is 10.3. The fourth-order valence-electron chi connectivity index (χ4n) is 5.44. The maximum atomic E-state index is 10.5. The van der Waals surface area contributed by atoms with Gasteiger partial charge in [-0.3, -0.25) is 0 Å². The quantitative estimate of drug-likeness (QED) is 0.252. The van der Waals surface area contributed by atoms with Gasteiger partial charge in [0.15, 0.2) is 0 Å².